The van der Waals surface area contributed by atoms with Crippen LogP contribution in [0.5, 0.6) is 5.75 Å². The third kappa shape index (κ3) is 4.76. The van der Waals surface area contributed by atoms with E-state index in [0.717, 1.165) is 33.8 Å². The number of rotatable bonds is 5. The molecular weight excluding hydrogens is 422 g/mol. The highest BCUT2D eigenvalue weighted by molar-refractivity contribution is 7.80. The van der Waals surface area contributed by atoms with E-state index in [-0.39, 0.29) is 11.0 Å². The first kappa shape index (κ1) is 21.5. The van der Waals surface area contributed by atoms with Crippen LogP contribution in [0, 0.1) is 13.8 Å². The molecule has 8 heteroatoms. The highest BCUT2D eigenvalue weighted by atomic mass is 32.1. The van der Waals surface area contributed by atoms with Crippen LogP contribution in [0.4, 0.5) is 5.69 Å². The second-order valence-corrected chi connectivity index (χ2v) is 7.75. The van der Waals surface area contributed by atoms with Gasteiger partial charge in [-0.3, -0.25) is 10.1 Å². The molecular formula is C24H23N5O2S. The number of hydrogen-bond donors (Lipinski definition) is 2. The lowest BCUT2D eigenvalue weighted by Crippen LogP contribution is -2.34. The SMILES string of the molecule is CCOc1ccc(-n2nc3cc(C)c(NC(=S)NC(=O)c4ccc(C)cc4)cc3n2)cc1. The standard InChI is InChI=1S/C24H23N5O2S/c1-4-31-19-11-9-18(10-12-19)29-27-21-13-16(3)20(14-22(21)28-29)25-24(32)26-23(30)17-7-5-15(2)6-8-17/h5-14H,4H2,1-3H3,(H2,25,26,30,32). The van der Waals surface area contributed by atoms with E-state index in [1.807, 2.05) is 69.3 Å². The van der Waals surface area contributed by atoms with Crippen molar-refractivity contribution in [3.05, 3.63) is 77.4 Å². The topological polar surface area (TPSA) is 81.1 Å². The maximum atomic E-state index is 12.4. The molecule has 0 aliphatic rings. The lowest BCUT2D eigenvalue weighted by atomic mass is 10.1. The zero-order valence-electron chi connectivity index (χ0n) is 18.0. The summed E-state index contributed by atoms with van der Waals surface area (Å²) in [5.74, 6) is 0.541. The quantitative estimate of drug-likeness (QED) is 0.438. The molecule has 0 radical (unpaired) electrons. The van der Waals surface area contributed by atoms with E-state index in [9.17, 15) is 4.79 Å². The lowest BCUT2D eigenvalue weighted by molar-refractivity contribution is 0.0977. The van der Waals surface area contributed by atoms with Crippen molar-refractivity contribution in [2.75, 3.05) is 11.9 Å². The zero-order chi connectivity index (χ0) is 22.7. The monoisotopic (exact) mass is 445 g/mol. The van der Waals surface area contributed by atoms with Gasteiger partial charge in [-0.05, 0) is 87.1 Å². The summed E-state index contributed by atoms with van der Waals surface area (Å²) in [5, 5.41) is 15.2. The van der Waals surface area contributed by atoms with Crippen molar-refractivity contribution >= 4 is 40.0 Å². The van der Waals surface area contributed by atoms with Crippen LogP contribution in [0.25, 0.3) is 16.7 Å². The van der Waals surface area contributed by atoms with Crippen LogP contribution in [0.2, 0.25) is 0 Å². The van der Waals surface area contributed by atoms with Crippen molar-refractivity contribution in [2.45, 2.75) is 20.8 Å². The summed E-state index contributed by atoms with van der Waals surface area (Å²) in [7, 11) is 0. The summed E-state index contributed by atoms with van der Waals surface area (Å²) in [6, 6.07) is 18.7. The second-order valence-electron chi connectivity index (χ2n) is 7.35. The molecule has 0 fully saturated rings. The first-order valence-corrected chi connectivity index (χ1v) is 10.6. The summed E-state index contributed by atoms with van der Waals surface area (Å²) < 4.78 is 5.48. The number of aryl methyl sites for hydroxylation is 2. The second kappa shape index (κ2) is 9.15. The number of hydrogen-bond acceptors (Lipinski definition) is 5. The molecule has 0 spiro atoms. The van der Waals surface area contributed by atoms with Crippen molar-refractivity contribution in [2.24, 2.45) is 0 Å². The van der Waals surface area contributed by atoms with Crippen LogP contribution < -0.4 is 15.4 Å². The van der Waals surface area contributed by atoms with Crippen molar-refractivity contribution in [3.63, 3.8) is 0 Å². The molecule has 2 N–H and O–H groups in total. The number of nitrogens with zero attached hydrogens (tertiary/aromatic N) is 3. The molecule has 0 bridgehead atoms. The fourth-order valence-electron chi connectivity index (χ4n) is 3.19. The van der Waals surface area contributed by atoms with Crippen LogP contribution >= 0.6 is 12.2 Å². The van der Waals surface area contributed by atoms with Crippen LogP contribution in [0.3, 0.4) is 0 Å². The molecule has 1 amide bonds. The first-order valence-electron chi connectivity index (χ1n) is 10.2. The maximum Gasteiger partial charge on any atom is 0.257 e. The Labute approximate surface area is 191 Å². The number of amides is 1. The normalized spacial score (nSPS) is 10.7. The Morgan fingerprint density at radius 3 is 2.31 bits per heavy atom. The van der Waals surface area contributed by atoms with Crippen molar-refractivity contribution in [1.29, 1.82) is 0 Å². The van der Waals surface area contributed by atoms with Gasteiger partial charge in [0.1, 0.15) is 16.8 Å². The molecule has 162 valence electrons. The number of fused-ring (bicyclic) bond motifs is 1. The lowest BCUT2D eigenvalue weighted by Gasteiger charge is -2.11. The molecule has 4 aromatic rings. The van der Waals surface area contributed by atoms with Gasteiger partial charge in [0.2, 0.25) is 0 Å². The largest absolute Gasteiger partial charge is 0.494 e. The van der Waals surface area contributed by atoms with Crippen LogP contribution in [0.15, 0.2) is 60.7 Å². The van der Waals surface area contributed by atoms with E-state index in [1.54, 1.807) is 16.9 Å². The fourth-order valence-corrected chi connectivity index (χ4v) is 3.40. The zero-order valence-corrected chi connectivity index (χ0v) is 18.9. The molecule has 32 heavy (non-hydrogen) atoms. The minimum absolute atomic E-state index is 0.219. The summed E-state index contributed by atoms with van der Waals surface area (Å²) in [4.78, 5) is 14.0. The number of aromatic nitrogens is 3. The Bertz CT molecular complexity index is 1280. The van der Waals surface area contributed by atoms with E-state index in [1.165, 1.54) is 0 Å². The average molecular weight is 446 g/mol. The molecule has 0 aliphatic carbocycles. The molecule has 0 saturated heterocycles. The molecule has 3 aromatic carbocycles. The Morgan fingerprint density at radius 1 is 1.00 bits per heavy atom. The van der Waals surface area contributed by atoms with Gasteiger partial charge in [-0.25, -0.2) is 0 Å². The van der Waals surface area contributed by atoms with Gasteiger partial charge in [0.05, 0.1) is 12.3 Å². The Balaban J connectivity index is 1.50. The minimum Gasteiger partial charge on any atom is -0.494 e. The molecule has 1 heterocycles. The van der Waals surface area contributed by atoms with Crippen LogP contribution in [-0.2, 0) is 0 Å². The predicted molar refractivity (Wildman–Crippen MR) is 130 cm³/mol. The van der Waals surface area contributed by atoms with Gasteiger partial charge >= 0.3 is 0 Å². The highest BCUT2D eigenvalue weighted by Gasteiger charge is 2.12. The highest BCUT2D eigenvalue weighted by Crippen LogP contribution is 2.23. The van der Waals surface area contributed by atoms with Gasteiger partial charge in [-0.15, -0.1) is 10.2 Å². The third-order valence-electron chi connectivity index (χ3n) is 4.89. The van der Waals surface area contributed by atoms with Crippen LogP contribution in [0.1, 0.15) is 28.4 Å². The Morgan fingerprint density at radius 2 is 1.66 bits per heavy atom. The van der Waals surface area contributed by atoms with Crippen molar-refractivity contribution in [1.82, 2.24) is 20.3 Å². The molecule has 7 nitrogen and oxygen atoms in total. The number of ether oxygens (including phenoxy) is 1. The number of carbonyl (C=O) groups is 1. The summed E-state index contributed by atoms with van der Waals surface area (Å²) >= 11 is 5.34. The molecule has 0 unspecified atom stereocenters. The van der Waals surface area contributed by atoms with Gasteiger partial charge < -0.3 is 10.1 Å². The number of nitrogens with one attached hydrogen (secondary N) is 2. The number of thiocarbonyl (C=S) groups is 1. The van der Waals surface area contributed by atoms with E-state index in [0.29, 0.717) is 17.7 Å². The van der Waals surface area contributed by atoms with E-state index < -0.39 is 0 Å². The first-order chi connectivity index (χ1) is 15.4. The molecule has 0 atom stereocenters. The summed E-state index contributed by atoms with van der Waals surface area (Å²) in [6.07, 6.45) is 0. The molecule has 0 aliphatic heterocycles. The predicted octanol–water partition coefficient (Wildman–Crippen LogP) is 4.56. The smallest absolute Gasteiger partial charge is 0.257 e. The molecule has 4 rings (SSSR count). The van der Waals surface area contributed by atoms with E-state index in [4.69, 9.17) is 17.0 Å². The van der Waals surface area contributed by atoms with Crippen molar-refractivity contribution in [3.8, 4) is 11.4 Å². The van der Waals surface area contributed by atoms with Crippen LogP contribution in [-0.4, -0.2) is 32.6 Å². The maximum absolute atomic E-state index is 12.4. The van der Waals surface area contributed by atoms with Gasteiger partial charge in [0.15, 0.2) is 5.11 Å². The van der Waals surface area contributed by atoms with Gasteiger partial charge in [-0.1, -0.05) is 17.7 Å². The summed E-state index contributed by atoms with van der Waals surface area (Å²) in [5.41, 5.74) is 5.62. The summed E-state index contributed by atoms with van der Waals surface area (Å²) in [6.45, 7) is 6.48. The Kier molecular flexibility index (Phi) is 6.13. The molecule has 1 aromatic heterocycles. The fraction of sp³-hybridized carbons (Fsp3) is 0.167. The molecule has 0 saturated carbocycles. The van der Waals surface area contributed by atoms with Crippen molar-refractivity contribution < 1.29 is 9.53 Å². The Hall–Kier alpha value is -3.78. The number of benzene rings is 3. The number of anilines is 1. The van der Waals surface area contributed by atoms with Gasteiger partial charge in [-0.2, -0.15) is 4.80 Å². The van der Waals surface area contributed by atoms with Gasteiger partial charge in [0, 0.05) is 11.3 Å². The van der Waals surface area contributed by atoms with E-state index >= 15 is 0 Å². The third-order valence-corrected chi connectivity index (χ3v) is 5.10. The van der Waals surface area contributed by atoms with Gasteiger partial charge in [0.25, 0.3) is 5.91 Å². The number of carbonyl (C=O) groups excluding carboxylic acids is 1. The van der Waals surface area contributed by atoms with E-state index in [2.05, 4.69) is 20.8 Å². The average Bonchev–Trinajstić information content (AvgIpc) is 3.17. The minimum atomic E-state index is -0.261.